The van der Waals surface area contributed by atoms with Crippen LogP contribution in [-0.2, 0) is 6.42 Å². The van der Waals surface area contributed by atoms with Crippen LogP contribution in [0.3, 0.4) is 0 Å². The van der Waals surface area contributed by atoms with E-state index in [9.17, 15) is 0 Å². The van der Waals surface area contributed by atoms with Crippen LogP contribution in [0.15, 0.2) is 18.2 Å². The molecule has 1 aliphatic rings. The molecule has 0 aliphatic heterocycles. The molecule has 1 unspecified atom stereocenters. The minimum atomic E-state index is 0.234. The third-order valence-corrected chi connectivity index (χ3v) is 5.56. The van der Waals surface area contributed by atoms with Crippen LogP contribution in [0.5, 0.6) is 0 Å². The fourth-order valence-corrected chi connectivity index (χ4v) is 3.74. The van der Waals surface area contributed by atoms with Crippen LogP contribution >= 0.6 is 0 Å². The lowest BCUT2D eigenvalue weighted by molar-refractivity contribution is 0.713. The highest BCUT2D eigenvalue weighted by Crippen LogP contribution is 2.37. The van der Waals surface area contributed by atoms with Crippen molar-refractivity contribution in [3.63, 3.8) is 0 Å². The molecule has 1 heteroatoms. The molecule has 0 spiro atoms. The lowest BCUT2D eigenvalue weighted by Gasteiger charge is -2.19. The van der Waals surface area contributed by atoms with Crippen molar-refractivity contribution in [2.75, 3.05) is 0 Å². The summed E-state index contributed by atoms with van der Waals surface area (Å²) in [7, 11) is 0. The molecular weight excluding hydrogens is 254 g/mol. The van der Waals surface area contributed by atoms with Gasteiger partial charge in [0, 0.05) is 6.04 Å². The first-order valence-corrected chi connectivity index (χ1v) is 7.87. The quantitative estimate of drug-likeness (QED) is 0.794. The summed E-state index contributed by atoms with van der Waals surface area (Å²) in [4.78, 5) is 0. The van der Waals surface area contributed by atoms with E-state index in [2.05, 4.69) is 52.8 Å². The molecule has 0 saturated carbocycles. The number of aryl methyl sites for hydroxylation is 1. The van der Waals surface area contributed by atoms with Crippen molar-refractivity contribution in [3.05, 3.63) is 57.1 Å². The van der Waals surface area contributed by atoms with E-state index in [1.807, 2.05) is 0 Å². The molecule has 1 aliphatic carbocycles. The van der Waals surface area contributed by atoms with E-state index >= 15 is 0 Å². The first-order chi connectivity index (χ1) is 9.91. The Morgan fingerprint density at radius 1 is 0.857 bits per heavy atom. The van der Waals surface area contributed by atoms with E-state index in [-0.39, 0.29) is 6.04 Å². The van der Waals surface area contributed by atoms with Gasteiger partial charge in [0.1, 0.15) is 0 Å². The Morgan fingerprint density at radius 3 is 2.05 bits per heavy atom. The SMILES string of the molecule is Cc1c(C)c(C)c(-c2ccc3c(c2)CCC3N)c(C)c1C. The summed E-state index contributed by atoms with van der Waals surface area (Å²) in [5, 5.41) is 0. The molecule has 2 N–H and O–H groups in total. The molecule has 3 rings (SSSR count). The zero-order chi connectivity index (χ0) is 15.3. The summed E-state index contributed by atoms with van der Waals surface area (Å²) in [5.74, 6) is 0. The van der Waals surface area contributed by atoms with Gasteiger partial charge in [-0.15, -0.1) is 0 Å². The van der Waals surface area contributed by atoms with Gasteiger partial charge in [0.15, 0.2) is 0 Å². The topological polar surface area (TPSA) is 26.0 Å². The molecule has 0 saturated heterocycles. The van der Waals surface area contributed by atoms with Crippen molar-refractivity contribution < 1.29 is 0 Å². The van der Waals surface area contributed by atoms with Crippen molar-refractivity contribution in [2.24, 2.45) is 5.73 Å². The van der Waals surface area contributed by atoms with E-state index in [1.165, 1.54) is 50.1 Å². The molecule has 2 aromatic rings. The van der Waals surface area contributed by atoms with Crippen LogP contribution in [0.2, 0.25) is 0 Å². The second-order valence-corrected chi connectivity index (χ2v) is 6.56. The summed E-state index contributed by atoms with van der Waals surface area (Å²) in [6.45, 7) is 11.2. The first kappa shape index (κ1) is 14.3. The van der Waals surface area contributed by atoms with Crippen LogP contribution < -0.4 is 5.73 Å². The van der Waals surface area contributed by atoms with Crippen molar-refractivity contribution in [1.29, 1.82) is 0 Å². The second-order valence-electron chi connectivity index (χ2n) is 6.56. The predicted octanol–water partition coefficient (Wildman–Crippen LogP) is 4.84. The highest BCUT2D eigenvalue weighted by atomic mass is 14.6. The number of rotatable bonds is 1. The average molecular weight is 279 g/mol. The summed E-state index contributed by atoms with van der Waals surface area (Å²) >= 11 is 0. The van der Waals surface area contributed by atoms with Gasteiger partial charge in [-0.25, -0.2) is 0 Å². The molecule has 0 heterocycles. The molecule has 2 aromatic carbocycles. The van der Waals surface area contributed by atoms with Crippen LogP contribution in [0.1, 0.15) is 51.4 Å². The summed E-state index contributed by atoms with van der Waals surface area (Å²) in [5.41, 5.74) is 18.8. The third-order valence-electron chi connectivity index (χ3n) is 5.56. The molecular formula is C20H25N. The van der Waals surface area contributed by atoms with Gasteiger partial charge in [-0.2, -0.15) is 0 Å². The van der Waals surface area contributed by atoms with Gasteiger partial charge in [0.25, 0.3) is 0 Å². The number of hydrogen-bond donors (Lipinski definition) is 1. The lowest BCUT2D eigenvalue weighted by Crippen LogP contribution is -2.05. The fourth-order valence-electron chi connectivity index (χ4n) is 3.74. The van der Waals surface area contributed by atoms with Gasteiger partial charge in [0.05, 0.1) is 0 Å². The Kier molecular flexibility index (Phi) is 3.41. The molecule has 0 bridgehead atoms. The number of fused-ring (bicyclic) bond motifs is 1. The van der Waals surface area contributed by atoms with Gasteiger partial charge >= 0.3 is 0 Å². The monoisotopic (exact) mass is 279 g/mol. The van der Waals surface area contributed by atoms with Crippen molar-refractivity contribution in [1.82, 2.24) is 0 Å². The van der Waals surface area contributed by atoms with Crippen molar-refractivity contribution in [3.8, 4) is 11.1 Å². The zero-order valence-electron chi connectivity index (χ0n) is 13.8. The molecule has 0 amide bonds. The van der Waals surface area contributed by atoms with Gasteiger partial charge in [0.2, 0.25) is 0 Å². The Bertz CT molecular complexity index is 696. The minimum Gasteiger partial charge on any atom is -0.324 e. The number of benzene rings is 2. The van der Waals surface area contributed by atoms with E-state index in [4.69, 9.17) is 5.73 Å². The molecule has 0 fully saturated rings. The normalized spacial score (nSPS) is 17.1. The lowest BCUT2D eigenvalue weighted by atomic mass is 9.85. The van der Waals surface area contributed by atoms with Crippen LogP contribution in [-0.4, -0.2) is 0 Å². The first-order valence-electron chi connectivity index (χ1n) is 7.87. The van der Waals surface area contributed by atoms with Crippen molar-refractivity contribution in [2.45, 2.75) is 53.5 Å². The summed E-state index contributed by atoms with van der Waals surface area (Å²) < 4.78 is 0. The Hall–Kier alpha value is -1.60. The maximum absolute atomic E-state index is 6.16. The second kappa shape index (κ2) is 4.99. The fraction of sp³-hybridized carbons (Fsp3) is 0.400. The van der Waals surface area contributed by atoms with E-state index < -0.39 is 0 Å². The largest absolute Gasteiger partial charge is 0.324 e. The highest BCUT2D eigenvalue weighted by Gasteiger charge is 2.20. The maximum Gasteiger partial charge on any atom is 0.0300 e. The average Bonchev–Trinajstić information content (AvgIpc) is 2.84. The minimum absolute atomic E-state index is 0.234. The van der Waals surface area contributed by atoms with E-state index in [0.29, 0.717) is 0 Å². The Morgan fingerprint density at radius 2 is 1.43 bits per heavy atom. The summed E-state index contributed by atoms with van der Waals surface area (Å²) in [6.07, 6.45) is 2.20. The van der Waals surface area contributed by atoms with E-state index in [1.54, 1.807) is 0 Å². The maximum atomic E-state index is 6.16. The van der Waals surface area contributed by atoms with Gasteiger partial charge in [-0.05, 0) is 97.5 Å². The van der Waals surface area contributed by atoms with Crippen LogP contribution in [0, 0.1) is 34.6 Å². The zero-order valence-corrected chi connectivity index (χ0v) is 13.8. The molecule has 110 valence electrons. The third kappa shape index (κ3) is 2.11. The summed E-state index contributed by atoms with van der Waals surface area (Å²) in [6, 6.07) is 7.10. The highest BCUT2D eigenvalue weighted by molar-refractivity contribution is 5.75. The Labute approximate surface area is 128 Å². The molecule has 0 aromatic heterocycles. The van der Waals surface area contributed by atoms with Gasteiger partial charge < -0.3 is 5.73 Å². The molecule has 1 atom stereocenters. The van der Waals surface area contributed by atoms with Crippen LogP contribution in [0.25, 0.3) is 11.1 Å². The molecule has 0 radical (unpaired) electrons. The number of nitrogens with two attached hydrogens (primary N) is 1. The smallest absolute Gasteiger partial charge is 0.0300 e. The van der Waals surface area contributed by atoms with Crippen LogP contribution in [0.4, 0.5) is 0 Å². The van der Waals surface area contributed by atoms with Crippen molar-refractivity contribution >= 4 is 0 Å². The standard InChI is InChI=1S/C20H25N/c1-11-12(2)14(4)20(15(5)13(11)3)17-6-8-18-16(10-17)7-9-19(18)21/h6,8,10,19H,7,9,21H2,1-5H3. The van der Waals surface area contributed by atoms with E-state index in [0.717, 1.165) is 12.8 Å². The Balaban J connectivity index is 2.23. The predicted molar refractivity (Wildman–Crippen MR) is 90.8 cm³/mol. The molecule has 21 heavy (non-hydrogen) atoms. The number of hydrogen-bond acceptors (Lipinski definition) is 1. The molecule has 1 nitrogen and oxygen atoms in total. The van der Waals surface area contributed by atoms with Gasteiger partial charge in [-0.3, -0.25) is 0 Å². The van der Waals surface area contributed by atoms with Gasteiger partial charge in [-0.1, -0.05) is 18.2 Å².